The molecular weight excluding hydrogens is 234 g/mol. The zero-order valence-electron chi connectivity index (χ0n) is 11.9. The van der Waals surface area contributed by atoms with Crippen LogP contribution in [0, 0.1) is 17.3 Å². The summed E-state index contributed by atoms with van der Waals surface area (Å²) in [5, 5.41) is 11.7. The quantitative estimate of drug-likeness (QED) is 0.537. The Morgan fingerprint density at radius 3 is 2.22 bits per heavy atom. The minimum Gasteiger partial charge on any atom is -0.481 e. The average molecular weight is 259 g/mol. The summed E-state index contributed by atoms with van der Waals surface area (Å²) in [4.78, 5) is 22.9. The van der Waals surface area contributed by atoms with Gasteiger partial charge in [0, 0.05) is 13.2 Å². The summed E-state index contributed by atoms with van der Waals surface area (Å²) in [6.07, 6.45) is 0. The second kappa shape index (κ2) is 7.36. The van der Waals surface area contributed by atoms with E-state index < -0.39 is 23.2 Å². The number of amides is 1. The summed E-state index contributed by atoms with van der Waals surface area (Å²) < 4.78 is 5.31. The van der Waals surface area contributed by atoms with Crippen LogP contribution in [0.5, 0.6) is 0 Å². The van der Waals surface area contributed by atoms with Crippen LogP contribution < -0.4 is 5.32 Å². The summed E-state index contributed by atoms with van der Waals surface area (Å²) in [7, 11) is 0. The molecule has 0 aromatic heterocycles. The van der Waals surface area contributed by atoms with E-state index in [0.29, 0.717) is 25.7 Å². The predicted octanol–water partition coefficient (Wildman–Crippen LogP) is 1.52. The van der Waals surface area contributed by atoms with Crippen LogP contribution in [0.15, 0.2) is 0 Å². The maximum absolute atomic E-state index is 11.8. The minimum absolute atomic E-state index is 0.339. The summed E-state index contributed by atoms with van der Waals surface area (Å²) in [6.45, 7) is 10.7. The molecule has 0 rings (SSSR count). The summed E-state index contributed by atoms with van der Waals surface area (Å²) >= 11 is 0. The molecule has 0 radical (unpaired) electrons. The molecule has 0 saturated heterocycles. The molecule has 106 valence electrons. The van der Waals surface area contributed by atoms with E-state index >= 15 is 0 Å². The Morgan fingerprint density at radius 1 is 1.28 bits per heavy atom. The molecule has 1 atom stereocenters. The highest BCUT2D eigenvalue weighted by molar-refractivity contribution is 5.97. The number of carboxylic acid groups (broad SMARTS) is 1. The first kappa shape index (κ1) is 16.9. The normalized spacial score (nSPS) is 13.4. The molecular formula is C13H25NO4. The van der Waals surface area contributed by atoms with Crippen LogP contribution in [0.25, 0.3) is 0 Å². The van der Waals surface area contributed by atoms with E-state index in [-0.39, 0.29) is 0 Å². The number of aliphatic carboxylic acids is 1. The third-order valence-electron chi connectivity index (χ3n) is 2.37. The molecule has 5 nitrogen and oxygen atoms in total. The zero-order valence-corrected chi connectivity index (χ0v) is 11.9. The lowest BCUT2D eigenvalue weighted by Gasteiger charge is -2.25. The molecule has 0 spiro atoms. The van der Waals surface area contributed by atoms with Gasteiger partial charge in [-0.2, -0.15) is 0 Å². The molecule has 1 unspecified atom stereocenters. The third-order valence-corrected chi connectivity index (χ3v) is 2.37. The second-order valence-electron chi connectivity index (χ2n) is 5.90. The maximum Gasteiger partial charge on any atom is 0.316 e. The number of ether oxygens (including phenoxy) is 1. The van der Waals surface area contributed by atoms with Gasteiger partial charge in [0.15, 0.2) is 0 Å². The van der Waals surface area contributed by atoms with Crippen molar-refractivity contribution < 1.29 is 19.4 Å². The molecule has 0 saturated carbocycles. The minimum atomic E-state index is -1.09. The lowest BCUT2D eigenvalue weighted by molar-refractivity contribution is -0.151. The van der Waals surface area contributed by atoms with Gasteiger partial charge >= 0.3 is 5.97 Å². The molecule has 0 bridgehead atoms. The lowest BCUT2D eigenvalue weighted by Crippen LogP contribution is -2.43. The topological polar surface area (TPSA) is 75.6 Å². The molecule has 0 heterocycles. The van der Waals surface area contributed by atoms with E-state index in [4.69, 9.17) is 9.84 Å². The van der Waals surface area contributed by atoms with Crippen LogP contribution in [0.2, 0.25) is 0 Å². The molecule has 0 aromatic rings. The lowest BCUT2D eigenvalue weighted by atomic mass is 9.80. The third kappa shape index (κ3) is 6.59. The van der Waals surface area contributed by atoms with Crippen molar-refractivity contribution >= 4 is 11.9 Å². The first-order chi connectivity index (χ1) is 8.16. The van der Waals surface area contributed by atoms with Gasteiger partial charge in [0.25, 0.3) is 0 Å². The van der Waals surface area contributed by atoms with Gasteiger partial charge < -0.3 is 15.2 Å². The molecule has 0 aliphatic carbocycles. The molecule has 1 amide bonds. The molecule has 0 aliphatic heterocycles. The Balaban J connectivity index is 4.10. The van der Waals surface area contributed by atoms with Gasteiger partial charge in [-0.25, -0.2) is 0 Å². The first-order valence-corrected chi connectivity index (χ1v) is 6.24. The largest absolute Gasteiger partial charge is 0.481 e. The Bertz CT molecular complexity index is 281. The number of carbonyl (C=O) groups is 2. The predicted molar refractivity (Wildman–Crippen MR) is 69.2 cm³/mol. The SMILES string of the molecule is CC(C)COCCNC(=O)C(C(=O)O)C(C)(C)C. The Hall–Kier alpha value is -1.10. The van der Waals surface area contributed by atoms with Crippen molar-refractivity contribution in [1.82, 2.24) is 5.32 Å². The fourth-order valence-corrected chi connectivity index (χ4v) is 1.54. The zero-order chi connectivity index (χ0) is 14.3. The molecule has 5 heteroatoms. The van der Waals surface area contributed by atoms with Crippen molar-refractivity contribution in [3.8, 4) is 0 Å². The highest BCUT2D eigenvalue weighted by Crippen LogP contribution is 2.26. The fourth-order valence-electron chi connectivity index (χ4n) is 1.54. The van der Waals surface area contributed by atoms with Crippen LogP contribution in [0.3, 0.4) is 0 Å². The monoisotopic (exact) mass is 259 g/mol. The van der Waals surface area contributed by atoms with Gasteiger partial charge in [-0.1, -0.05) is 34.6 Å². The van der Waals surface area contributed by atoms with Gasteiger partial charge in [0.05, 0.1) is 6.61 Å². The van der Waals surface area contributed by atoms with Crippen LogP contribution in [0.4, 0.5) is 0 Å². The number of carbonyl (C=O) groups excluding carboxylic acids is 1. The van der Waals surface area contributed by atoms with Crippen LogP contribution >= 0.6 is 0 Å². The molecule has 2 N–H and O–H groups in total. The van der Waals surface area contributed by atoms with E-state index in [1.807, 2.05) is 13.8 Å². The first-order valence-electron chi connectivity index (χ1n) is 6.24. The standard InChI is InChI=1S/C13H25NO4/c1-9(2)8-18-7-6-14-11(15)10(12(16)17)13(3,4)5/h9-10H,6-8H2,1-5H3,(H,14,15)(H,16,17). The molecule has 18 heavy (non-hydrogen) atoms. The van der Waals surface area contributed by atoms with Crippen LogP contribution in [-0.4, -0.2) is 36.7 Å². The molecule has 0 aromatic carbocycles. The summed E-state index contributed by atoms with van der Waals surface area (Å²) in [6, 6.07) is 0. The van der Waals surface area contributed by atoms with Crippen molar-refractivity contribution in [2.75, 3.05) is 19.8 Å². The van der Waals surface area contributed by atoms with Crippen molar-refractivity contribution in [3.05, 3.63) is 0 Å². The Morgan fingerprint density at radius 2 is 1.83 bits per heavy atom. The highest BCUT2D eigenvalue weighted by Gasteiger charge is 2.37. The van der Waals surface area contributed by atoms with E-state index in [1.165, 1.54) is 0 Å². The van der Waals surface area contributed by atoms with Crippen LogP contribution in [-0.2, 0) is 14.3 Å². The smallest absolute Gasteiger partial charge is 0.316 e. The van der Waals surface area contributed by atoms with Crippen molar-refractivity contribution in [3.63, 3.8) is 0 Å². The van der Waals surface area contributed by atoms with Gasteiger partial charge in [-0.05, 0) is 11.3 Å². The summed E-state index contributed by atoms with van der Waals surface area (Å²) in [5.41, 5.74) is -0.602. The molecule has 0 fully saturated rings. The number of rotatable bonds is 7. The Labute approximate surface area is 109 Å². The van der Waals surface area contributed by atoms with Gasteiger partial charge in [-0.15, -0.1) is 0 Å². The number of hydrogen-bond donors (Lipinski definition) is 2. The number of nitrogens with one attached hydrogen (secondary N) is 1. The van der Waals surface area contributed by atoms with Gasteiger partial charge in [0.1, 0.15) is 5.92 Å². The highest BCUT2D eigenvalue weighted by atomic mass is 16.5. The van der Waals surface area contributed by atoms with Gasteiger partial charge in [-0.3, -0.25) is 9.59 Å². The fraction of sp³-hybridized carbons (Fsp3) is 0.846. The number of hydrogen-bond acceptors (Lipinski definition) is 3. The van der Waals surface area contributed by atoms with Crippen LogP contribution in [0.1, 0.15) is 34.6 Å². The van der Waals surface area contributed by atoms with Crippen molar-refractivity contribution in [1.29, 1.82) is 0 Å². The maximum atomic E-state index is 11.8. The van der Waals surface area contributed by atoms with Crippen molar-refractivity contribution in [2.45, 2.75) is 34.6 Å². The second-order valence-corrected chi connectivity index (χ2v) is 5.90. The average Bonchev–Trinajstić information content (AvgIpc) is 2.13. The Kier molecular flexibility index (Phi) is 6.91. The van der Waals surface area contributed by atoms with E-state index in [0.717, 1.165) is 0 Å². The van der Waals surface area contributed by atoms with Crippen molar-refractivity contribution in [2.24, 2.45) is 17.3 Å². The van der Waals surface area contributed by atoms with E-state index in [1.54, 1.807) is 20.8 Å². The van der Waals surface area contributed by atoms with E-state index in [9.17, 15) is 9.59 Å². The molecule has 0 aliphatic rings. The van der Waals surface area contributed by atoms with E-state index in [2.05, 4.69) is 5.32 Å². The van der Waals surface area contributed by atoms with Gasteiger partial charge in [0.2, 0.25) is 5.91 Å². The number of carboxylic acids is 1. The summed E-state index contributed by atoms with van der Waals surface area (Å²) in [5.74, 6) is -2.14.